The van der Waals surface area contributed by atoms with Crippen molar-refractivity contribution in [2.45, 2.75) is 20.8 Å². The molecule has 0 spiro atoms. The SMILES string of the molecule is [Al+2][Cl].[CH2-]C.[CH2-]C(C)C. The molecule has 2 heteroatoms. The summed E-state index contributed by atoms with van der Waals surface area (Å²) < 4.78 is 0. The van der Waals surface area contributed by atoms with Crippen LogP contribution in [0.3, 0.4) is 0 Å². The Morgan fingerprint density at radius 1 is 1.25 bits per heavy atom. The van der Waals surface area contributed by atoms with Crippen LogP contribution in [0.5, 0.6) is 0 Å². The fourth-order valence-corrected chi connectivity index (χ4v) is 0. The van der Waals surface area contributed by atoms with Gasteiger partial charge in [0.25, 0.3) is 0 Å². The smallest absolute Gasteiger partial charge is 0.0903 e. The molecule has 0 aromatic rings. The van der Waals surface area contributed by atoms with Crippen molar-refractivity contribution >= 4 is 25.4 Å². The molecule has 0 radical (unpaired) electrons. The summed E-state index contributed by atoms with van der Waals surface area (Å²) in [5, 5.41) is 0. The summed E-state index contributed by atoms with van der Waals surface area (Å²) >= 11 is 1.89. The van der Waals surface area contributed by atoms with Gasteiger partial charge in [0.15, 0.2) is 0 Å². The van der Waals surface area contributed by atoms with Gasteiger partial charge in [0.1, 0.15) is 0 Å². The summed E-state index contributed by atoms with van der Waals surface area (Å²) in [5.41, 5.74) is 0. The van der Waals surface area contributed by atoms with Crippen molar-refractivity contribution in [3.63, 3.8) is 0 Å². The summed E-state index contributed by atoms with van der Waals surface area (Å²) in [5.74, 6) is 0.583. The van der Waals surface area contributed by atoms with E-state index in [9.17, 15) is 0 Å². The summed E-state index contributed by atoms with van der Waals surface area (Å²) in [4.78, 5) is 0. The maximum Gasteiger partial charge on any atom is -0.0903 e. The van der Waals surface area contributed by atoms with E-state index in [1.54, 1.807) is 6.92 Å². The third-order valence-electron chi connectivity index (χ3n) is 0. The number of halogens is 1. The predicted octanol–water partition coefficient (Wildman–Crippen LogP) is 2.63. The van der Waals surface area contributed by atoms with Crippen molar-refractivity contribution in [3.8, 4) is 0 Å². The van der Waals surface area contributed by atoms with E-state index in [0.717, 1.165) is 0 Å². The van der Waals surface area contributed by atoms with Crippen LogP contribution < -0.4 is 0 Å². The third-order valence-corrected chi connectivity index (χ3v) is 0. The molecular weight excluding hydrogens is 135 g/mol. The van der Waals surface area contributed by atoms with E-state index in [4.69, 9.17) is 0 Å². The zero-order valence-electron chi connectivity index (χ0n) is 5.95. The summed E-state index contributed by atoms with van der Waals surface area (Å²) in [6, 6.07) is 0. The van der Waals surface area contributed by atoms with Gasteiger partial charge in [-0.25, -0.2) is 0 Å². The van der Waals surface area contributed by atoms with Gasteiger partial charge in [-0.15, -0.1) is 0 Å². The van der Waals surface area contributed by atoms with Crippen LogP contribution in [0.2, 0.25) is 0 Å². The van der Waals surface area contributed by atoms with E-state index < -0.39 is 0 Å². The second kappa shape index (κ2) is 24.9. The van der Waals surface area contributed by atoms with Gasteiger partial charge in [0.05, 0.1) is 0 Å². The topological polar surface area (TPSA) is 0 Å². The van der Waals surface area contributed by atoms with Crippen LogP contribution in [-0.2, 0) is 0 Å². The molecule has 0 aromatic carbocycles. The molecule has 0 saturated heterocycles. The van der Waals surface area contributed by atoms with Crippen LogP contribution >= 0.6 is 10.0 Å². The van der Waals surface area contributed by atoms with Crippen molar-refractivity contribution < 1.29 is 0 Å². The zero-order chi connectivity index (χ0) is 7.58. The fourth-order valence-electron chi connectivity index (χ4n) is 0. The quantitative estimate of drug-likeness (QED) is 0.366. The first kappa shape index (κ1) is 15.9. The molecule has 0 aromatic heterocycles. The van der Waals surface area contributed by atoms with Crippen molar-refractivity contribution in [1.29, 1.82) is 0 Å². The van der Waals surface area contributed by atoms with Gasteiger partial charge < -0.3 is 13.8 Å². The van der Waals surface area contributed by atoms with Gasteiger partial charge in [-0.3, -0.25) is 0 Å². The van der Waals surface area contributed by atoms with Crippen LogP contribution in [0, 0.1) is 19.8 Å². The third kappa shape index (κ3) is 342. The average Bonchev–Trinajstić information content (AvgIpc) is 1.75. The molecule has 0 saturated carbocycles. The molecule has 8 heavy (non-hydrogen) atoms. The molecule has 0 aliphatic heterocycles. The monoisotopic (exact) mass is 148 g/mol. The minimum Gasteiger partial charge on any atom is -0.346 e. The Morgan fingerprint density at radius 3 is 1.25 bits per heavy atom. The number of rotatable bonds is 0. The van der Waals surface area contributed by atoms with Crippen LogP contribution in [0.15, 0.2) is 0 Å². The maximum atomic E-state index is 4.56. The number of hydrogen-bond donors (Lipinski definition) is 0. The Balaban J connectivity index is -0.0000000542. The Labute approximate surface area is 66.2 Å². The van der Waals surface area contributed by atoms with Gasteiger partial charge in [0.2, 0.25) is 0 Å². The standard InChI is InChI=1S/C4H9.C2H5.Al.ClH/c1-4(2)3;1-2;;/h4H,1H2,2-3H3;1H2,2H3;;1H/q2*-1;+3;/p-1. The molecule has 0 amide bonds. The molecule has 0 rings (SSSR count). The van der Waals surface area contributed by atoms with E-state index in [1.807, 2.05) is 15.4 Å². The largest absolute Gasteiger partial charge is 0.346 e. The van der Waals surface area contributed by atoms with Crippen molar-refractivity contribution in [3.05, 3.63) is 13.8 Å². The van der Waals surface area contributed by atoms with Gasteiger partial charge in [0, 0.05) is 0 Å². The normalized spacial score (nSPS) is 6.12. The van der Waals surface area contributed by atoms with Gasteiger partial charge in [-0.05, 0) is 0 Å². The molecule has 0 heterocycles. The molecule has 0 nitrogen and oxygen atoms in total. The first-order chi connectivity index (χ1) is 3.73. The minimum atomic E-state index is 0.583. The Kier molecular flexibility index (Phi) is 49.6. The van der Waals surface area contributed by atoms with E-state index in [2.05, 4.69) is 37.7 Å². The van der Waals surface area contributed by atoms with Crippen molar-refractivity contribution in [1.82, 2.24) is 0 Å². The van der Waals surface area contributed by atoms with Crippen molar-refractivity contribution in [2.75, 3.05) is 0 Å². The van der Waals surface area contributed by atoms with Crippen LogP contribution in [0.4, 0.5) is 0 Å². The molecule has 48 valence electrons. The average molecular weight is 149 g/mol. The molecule has 0 bridgehead atoms. The van der Waals surface area contributed by atoms with E-state index in [0.29, 0.717) is 5.92 Å². The minimum absolute atomic E-state index is 0.583. The molecule has 0 unspecified atom stereocenters. The fraction of sp³-hybridized carbons (Fsp3) is 0.667. The summed E-state index contributed by atoms with van der Waals surface area (Å²) in [6.07, 6.45) is 0. The van der Waals surface area contributed by atoms with Crippen LogP contribution in [-0.4, -0.2) is 15.4 Å². The molecule has 0 atom stereocenters. The second-order valence-corrected chi connectivity index (χ2v) is 1.39. The number of hydrogen-bond acceptors (Lipinski definition) is 0. The molecule has 0 aliphatic rings. The molecule has 0 N–H and O–H groups in total. The summed E-state index contributed by atoms with van der Waals surface area (Å²) in [6.45, 7) is 12.8. The maximum absolute atomic E-state index is 4.56. The van der Waals surface area contributed by atoms with E-state index in [-0.39, 0.29) is 0 Å². The second-order valence-electron chi connectivity index (χ2n) is 1.39. The Hall–Kier alpha value is 0.822. The molecule has 0 fully saturated rings. The first-order valence-electron chi connectivity index (χ1n) is 2.49. The first-order valence-corrected chi connectivity index (χ1v) is 4.23. The predicted molar refractivity (Wildman–Crippen MR) is 42.8 cm³/mol. The Morgan fingerprint density at radius 2 is 1.25 bits per heavy atom. The van der Waals surface area contributed by atoms with Crippen LogP contribution in [0.1, 0.15) is 20.8 Å². The van der Waals surface area contributed by atoms with Gasteiger partial charge in [-0.1, -0.05) is 13.8 Å². The zero-order valence-corrected chi connectivity index (χ0v) is 7.86. The van der Waals surface area contributed by atoms with Crippen molar-refractivity contribution in [2.24, 2.45) is 5.92 Å². The Bertz CT molecular complexity index is 13.2. The van der Waals surface area contributed by atoms with E-state index in [1.165, 1.54) is 0 Å². The van der Waals surface area contributed by atoms with Gasteiger partial charge in [-0.2, -0.15) is 12.8 Å². The summed E-state index contributed by atoms with van der Waals surface area (Å²) in [7, 11) is 4.56. The molecule has 0 aliphatic carbocycles. The van der Waals surface area contributed by atoms with E-state index >= 15 is 0 Å². The van der Waals surface area contributed by atoms with Gasteiger partial charge >= 0.3 is 25.4 Å². The van der Waals surface area contributed by atoms with Crippen LogP contribution in [0.25, 0.3) is 0 Å². The molecular formula is C6H14AlCl.